The monoisotopic (exact) mass is 397 g/mol. The van der Waals surface area contributed by atoms with Crippen LogP contribution in [0.15, 0.2) is 71.8 Å². The van der Waals surface area contributed by atoms with Gasteiger partial charge in [0.05, 0.1) is 36.6 Å². The molecule has 2 N–H and O–H groups in total. The third-order valence-electron chi connectivity index (χ3n) is 4.51. The molecule has 0 atom stereocenters. The molecule has 3 rings (SSSR count). The van der Waals surface area contributed by atoms with Crippen molar-refractivity contribution in [1.29, 1.82) is 0 Å². The molecule has 0 unspecified atom stereocenters. The summed E-state index contributed by atoms with van der Waals surface area (Å²) in [5.41, 5.74) is 2.44. The van der Waals surface area contributed by atoms with E-state index in [-0.39, 0.29) is 11.9 Å². The molecule has 0 radical (unpaired) electrons. The number of thioether (sulfide) groups is 1. The van der Waals surface area contributed by atoms with Crippen LogP contribution in [0.3, 0.4) is 0 Å². The van der Waals surface area contributed by atoms with E-state index in [0.717, 1.165) is 6.54 Å². The summed E-state index contributed by atoms with van der Waals surface area (Å²) in [5.74, 6) is -0.00323. The number of rotatable bonds is 8. The zero-order valence-electron chi connectivity index (χ0n) is 15.9. The molecule has 0 spiro atoms. The fraction of sp³-hybridized carbons (Fsp3) is 0.273. The number of ether oxygens (including phenoxy) is 1. The molecule has 1 amide bonds. The highest BCUT2D eigenvalue weighted by molar-refractivity contribution is 8.04. The molecule has 6 heteroatoms. The zero-order valence-corrected chi connectivity index (χ0v) is 16.7. The minimum Gasteiger partial charge on any atom is -0.463 e. The number of quaternary nitrogens is 1. The maximum absolute atomic E-state index is 12.2. The average molecular weight is 398 g/mol. The first kappa shape index (κ1) is 20.2. The van der Waals surface area contributed by atoms with Crippen LogP contribution in [-0.2, 0) is 14.3 Å². The topological polar surface area (TPSA) is 63.2 Å². The molecule has 2 aromatic carbocycles. The van der Waals surface area contributed by atoms with E-state index in [4.69, 9.17) is 4.74 Å². The van der Waals surface area contributed by atoms with E-state index < -0.39 is 5.97 Å². The summed E-state index contributed by atoms with van der Waals surface area (Å²) >= 11 is 1.39. The second-order valence-corrected chi connectivity index (χ2v) is 7.39. The van der Waals surface area contributed by atoms with Crippen molar-refractivity contribution in [2.45, 2.75) is 13.0 Å². The lowest BCUT2D eigenvalue weighted by Crippen LogP contribution is -2.86. The Labute approximate surface area is 169 Å². The van der Waals surface area contributed by atoms with E-state index in [2.05, 4.69) is 29.6 Å². The lowest BCUT2D eigenvalue weighted by molar-refractivity contribution is -0.686. The first-order valence-electron chi connectivity index (χ1n) is 9.44. The minimum absolute atomic E-state index is 0.0323. The number of hydrogen-bond acceptors (Lipinski definition) is 4. The van der Waals surface area contributed by atoms with Crippen molar-refractivity contribution in [3.8, 4) is 0 Å². The molecule has 1 aliphatic rings. The van der Waals surface area contributed by atoms with Gasteiger partial charge in [-0.1, -0.05) is 72.4 Å². The van der Waals surface area contributed by atoms with Gasteiger partial charge in [0, 0.05) is 11.1 Å². The summed E-state index contributed by atoms with van der Waals surface area (Å²) in [7, 11) is 0. The zero-order chi connectivity index (χ0) is 19.8. The number of hydrogen-bond donors (Lipinski definition) is 1. The maximum atomic E-state index is 12.2. The summed E-state index contributed by atoms with van der Waals surface area (Å²) < 4.78 is 4.97. The highest BCUT2D eigenvalue weighted by Gasteiger charge is 2.28. The number of carbonyl (C=O) groups excluding carboxylic acids is 2. The minimum atomic E-state index is -0.403. The van der Waals surface area contributed by atoms with Gasteiger partial charge in [-0.3, -0.25) is 4.79 Å². The number of nitrogens with two attached hydrogens (primary N) is 1. The van der Waals surface area contributed by atoms with Crippen LogP contribution in [0, 0.1) is 0 Å². The SMILES string of the molecule is CCOC(=O)/C=C1\SCC(=O)N1CC[NH2+]C(c1ccccc1)c1ccccc1. The highest BCUT2D eigenvalue weighted by atomic mass is 32.2. The van der Waals surface area contributed by atoms with Gasteiger partial charge in [0.25, 0.3) is 0 Å². The Morgan fingerprint density at radius 2 is 1.75 bits per heavy atom. The van der Waals surface area contributed by atoms with Crippen LogP contribution in [-0.4, -0.2) is 42.2 Å². The molecule has 0 saturated carbocycles. The molecule has 146 valence electrons. The normalized spacial score (nSPS) is 15.4. The van der Waals surface area contributed by atoms with E-state index in [1.165, 1.54) is 29.0 Å². The molecule has 28 heavy (non-hydrogen) atoms. The van der Waals surface area contributed by atoms with E-state index in [1.54, 1.807) is 11.8 Å². The Hall–Kier alpha value is -2.57. The van der Waals surface area contributed by atoms with E-state index in [9.17, 15) is 9.59 Å². The molecule has 0 bridgehead atoms. The number of amides is 1. The molecule has 1 saturated heterocycles. The van der Waals surface area contributed by atoms with Crippen LogP contribution < -0.4 is 5.32 Å². The van der Waals surface area contributed by atoms with Gasteiger partial charge in [0.2, 0.25) is 5.91 Å². The number of esters is 1. The van der Waals surface area contributed by atoms with Crippen LogP contribution in [0.1, 0.15) is 24.1 Å². The lowest BCUT2D eigenvalue weighted by atomic mass is 9.99. The molecule has 1 heterocycles. The van der Waals surface area contributed by atoms with Crippen molar-refractivity contribution >= 4 is 23.6 Å². The Bertz CT molecular complexity index is 785. The largest absolute Gasteiger partial charge is 0.463 e. The van der Waals surface area contributed by atoms with E-state index in [0.29, 0.717) is 23.9 Å². The van der Waals surface area contributed by atoms with Gasteiger partial charge in [-0.05, 0) is 6.92 Å². The smallest absolute Gasteiger partial charge is 0.333 e. The fourth-order valence-electron chi connectivity index (χ4n) is 3.21. The predicted octanol–water partition coefficient (Wildman–Crippen LogP) is 2.32. The number of benzene rings is 2. The summed E-state index contributed by atoms with van der Waals surface area (Å²) in [4.78, 5) is 25.7. The number of nitrogens with zero attached hydrogens (tertiary/aromatic N) is 1. The summed E-state index contributed by atoms with van der Waals surface area (Å²) in [6, 6.07) is 20.8. The molecule has 5 nitrogen and oxygen atoms in total. The van der Waals surface area contributed by atoms with Gasteiger partial charge in [-0.15, -0.1) is 0 Å². The van der Waals surface area contributed by atoms with Gasteiger partial charge >= 0.3 is 5.97 Å². The first-order valence-corrected chi connectivity index (χ1v) is 10.4. The lowest BCUT2D eigenvalue weighted by Gasteiger charge is -2.20. The Kier molecular flexibility index (Phi) is 7.28. The molecular formula is C22H25N2O3S+. The van der Waals surface area contributed by atoms with Crippen LogP contribution in [0.25, 0.3) is 0 Å². The molecule has 2 aromatic rings. The van der Waals surface area contributed by atoms with Crippen LogP contribution in [0.4, 0.5) is 0 Å². The van der Waals surface area contributed by atoms with Gasteiger partial charge < -0.3 is 15.0 Å². The van der Waals surface area contributed by atoms with Crippen molar-refractivity contribution in [2.24, 2.45) is 0 Å². The standard InChI is InChI=1S/C22H24N2O3S/c1-2-27-21(26)15-20-24(19(25)16-28-20)14-13-23-22(17-9-5-3-6-10-17)18-11-7-4-8-12-18/h3-12,15,22-23H,2,13-14,16H2,1H3/p+1/b20-15-. The number of carbonyl (C=O) groups is 2. The van der Waals surface area contributed by atoms with E-state index >= 15 is 0 Å². The summed E-state index contributed by atoms with van der Waals surface area (Å²) in [5, 5.41) is 2.91. The molecule has 1 aliphatic heterocycles. The second kappa shape index (κ2) is 10.1. The van der Waals surface area contributed by atoms with Crippen molar-refractivity contribution in [3.05, 3.63) is 82.9 Å². The fourth-order valence-corrected chi connectivity index (χ4v) is 4.17. The summed E-state index contributed by atoms with van der Waals surface area (Å²) in [6.07, 6.45) is 1.42. The third kappa shape index (κ3) is 5.24. The molecule has 0 aliphatic carbocycles. The quantitative estimate of drug-likeness (QED) is 0.549. The Morgan fingerprint density at radius 3 is 2.32 bits per heavy atom. The Balaban J connectivity index is 1.68. The summed E-state index contributed by atoms with van der Waals surface area (Å²) in [6.45, 7) is 3.36. The molecular weight excluding hydrogens is 372 g/mol. The van der Waals surface area contributed by atoms with Gasteiger partial charge in [-0.25, -0.2) is 4.79 Å². The Morgan fingerprint density at radius 1 is 1.14 bits per heavy atom. The van der Waals surface area contributed by atoms with Gasteiger partial charge in [-0.2, -0.15) is 0 Å². The van der Waals surface area contributed by atoms with Crippen LogP contribution in [0.2, 0.25) is 0 Å². The predicted molar refractivity (Wildman–Crippen MR) is 110 cm³/mol. The van der Waals surface area contributed by atoms with Crippen molar-refractivity contribution in [2.75, 3.05) is 25.4 Å². The molecule has 1 fully saturated rings. The first-order chi connectivity index (χ1) is 13.7. The van der Waals surface area contributed by atoms with Crippen molar-refractivity contribution in [1.82, 2.24) is 4.90 Å². The van der Waals surface area contributed by atoms with Gasteiger partial charge in [0.1, 0.15) is 6.04 Å². The maximum Gasteiger partial charge on any atom is 0.333 e. The third-order valence-corrected chi connectivity index (χ3v) is 5.54. The van der Waals surface area contributed by atoms with Crippen LogP contribution in [0.5, 0.6) is 0 Å². The van der Waals surface area contributed by atoms with Crippen molar-refractivity contribution < 1.29 is 19.6 Å². The van der Waals surface area contributed by atoms with Crippen molar-refractivity contribution in [3.63, 3.8) is 0 Å². The van der Waals surface area contributed by atoms with E-state index in [1.807, 2.05) is 36.4 Å². The molecule has 0 aromatic heterocycles. The van der Waals surface area contributed by atoms with Gasteiger partial charge in [0.15, 0.2) is 0 Å². The second-order valence-electron chi connectivity index (χ2n) is 6.39. The highest BCUT2D eigenvalue weighted by Crippen LogP contribution is 2.28. The van der Waals surface area contributed by atoms with Crippen LogP contribution >= 0.6 is 11.8 Å². The average Bonchev–Trinajstić information content (AvgIpc) is 3.06.